The van der Waals surface area contributed by atoms with Gasteiger partial charge in [-0.2, -0.15) is 0 Å². The van der Waals surface area contributed by atoms with Gasteiger partial charge in [-0.3, -0.25) is 10.1 Å². The Morgan fingerprint density at radius 1 is 1.68 bits per heavy atom. The second kappa shape index (κ2) is 4.83. The third-order valence-electron chi connectivity index (χ3n) is 3.44. The predicted octanol–water partition coefficient (Wildman–Crippen LogP) is 1.78. The van der Waals surface area contributed by atoms with E-state index in [-0.39, 0.29) is 17.1 Å². The summed E-state index contributed by atoms with van der Waals surface area (Å²) in [5.41, 5.74) is -0.445. The van der Waals surface area contributed by atoms with Crippen molar-refractivity contribution in [2.24, 2.45) is 11.8 Å². The van der Waals surface area contributed by atoms with Crippen molar-refractivity contribution in [3.63, 3.8) is 0 Å². The molecule has 1 aromatic heterocycles. The molecule has 0 spiro atoms. The number of anilines is 1. The fraction of sp³-hybridized carbons (Fsp3) is 0.500. The fourth-order valence-corrected chi connectivity index (χ4v) is 2.10. The van der Waals surface area contributed by atoms with Crippen molar-refractivity contribution in [3.05, 3.63) is 27.9 Å². The topological polar surface area (TPSA) is 96.6 Å². The minimum atomic E-state index is -1.21. The summed E-state index contributed by atoms with van der Waals surface area (Å²) in [5, 5.41) is 19.8. The molecule has 7 nitrogen and oxygen atoms in total. The van der Waals surface area contributed by atoms with Crippen molar-refractivity contribution in [2.75, 3.05) is 18.5 Å². The molecule has 1 aromatic rings. The molecule has 1 N–H and O–H groups in total. The molecule has 0 aliphatic heterocycles. The lowest BCUT2D eigenvalue weighted by Crippen LogP contribution is -2.24. The molecule has 0 radical (unpaired) electrons. The van der Waals surface area contributed by atoms with Crippen molar-refractivity contribution in [1.29, 1.82) is 0 Å². The number of carbonyl (C=O) groups is 1. The van der Waals surface area contributed by atoms with Gasteiger partial charge < -0.3 is 10.0 Å². The fourth-order valence-electron chi connectivity index (χ4n) is 2.10. The van der Waals surface area contributed by atoms with Crippen LogP contribution in [0.5, 0.6) is 0 Å². The second-order valence-corrected chi connectivity index (χ2v) is 4.98. The van der Waals surface area contributed by atoms with E-state index in [0.29, 0.717) is 18.4 Å². The summed E-state index contributed by atoms with van der Waals surface area (Å²) < 4.78 is 0. The van der Waals surface area contributed by atoms with Crippen LogP contribution in [0, 0.1) is 22.0 Å². The van der Waals surface area contributed by atoms with E-state index in [4.69, 9.17) is 5.11 Å². The van der Waals surface area contributed by atoms with E-state index in [1.165, 1.54) is 0 Å². The van der Waals surface area contributed by atoms with Gasteiger partial charge in [0.25, 0.3) is 5.69 Å². The van der Waals surface area contributed by atoms with E-state index < -0.39 is 10.9 Å². The normalized spacial score (nSPS) is 20.9. The van der Waals surface area contributed by atoms with Crippen LogP contribution in [0.4, 0.5) is 11.5 Å². The molecule has 1 heterocycles. The molecule has 2 unspecified atom stereocenters. The van der Waals surface area contributed by atoms with Crippen LogP contribution in [0.3, 0.4) is 0 Å². The Kier molecular flexibility index (Phi) is 3.37. The van der Waals surface area contributed by atoms with E-state index >= 15 is 0 Å². The summed E-state index contributed by atoms with van der Waals surface area (Å²) in [7, 11) is 1.76. The molecular formula is C12H15N3O4. The van der Waals surface area contributed by atoms with Crippen LogP contribution < -0.4 is 4.90 Å². The van der Waals surface area contributed by atoms with Gasteiger partial charge >= 0.3 is 5.97 Å². The average Bonchev–Trinajstić information content (AvgIpc) is 3.03. The largest absolute Gasteiger partial charge is 0.478 e. The maximum atomic E-state index is 11.2. The number of hydrogen-bond acceptors (Lipinski definition) is 5. The van der Waals surface area contributed by atoms with Gasteiger partial charge in [0.2, 0.25) is 0 Å². The quantitative estimate of drug-likeness (QED) is 0.643. The van der Waals surface area contributed by atoms with Crippen molar-refractivity contribution in [1.82, 2.24) is 4.98 Å². The van der Waals surface area contributed by atoms with Crippen LogP contribution in [0.15, 0.2) is 12.3 Å². The van der Waals surface area contributed by atoms with Gasteiger partial charge in [0, 0.05) is 19.7 Å². The van der Waals surface area contributed by atoms with Gasteiger partial charge in [-0.25, -0.2) is 9.78 Å². The zero-order valence-electron chi connectivity index (χ0n) is 10.7. The van der Waals surface area contributed by atoms with Crippen molar-refractivity contribution in [2.45, 2.75) is 13.3 Å². The first-order valence-corrected chi connectivity index (χ1v) is 5.99. The number of aromatic carboxylic acids is 1. The summed E-state index contributed by atoms with van der Waals surface area (Å²) >= 11 is 0. The molecule has 102 valence electrons. The Labute approximate surface area is 110 Å². The molecule has 0 amide bonds. The number of rotatable bonds is 5. The molecule has 1 aliphatic carbocycles. The molecule has 1 fully saturated rings. The number of nitro groups is 1. The zero-order valence-corrected chi connectivity index (χ0v) is 10.7. The van der Waals surface area contributed by atoms with Gasteiger partial charge in [-0.05, 0) is 18.3 Å². The summed E-state index contributed by atoms with van der Waals surface area (Å²) in [6, 6.07) is 1.05. The minimum Gasteiger partial charge on any atom is -0.478 e. The van der Waals surface area contributed by atoms with Gasteiger partial charge in [0.05, 0.1) is 4.92 Å². The first-order chi connectivity index (χ1) is 8.90. The Morgan fingerprint density at radius 3 is 2.79 bits per heavy atom. The SMILES string of the molecule is CC1CC1CN(C)c1ncc([N+](=O)[O-])cc1C(=O)O. The molecule has 2 rings (SSSR count). The summed E-state index contributed by atoms with van der Waals surface area (Å²) in [6.45, 7) is 2.85. The van der Waals surface area contributed by atoms with Gasteiger partial charge in [-0.1, -0.05) is 6.92 Å². The highest BCUT2D eigenvalue weighted by molar-refractivity contribution is 5.94. The van der Waals surface area contributed by atoms with Gasteiger partial charge in [-0.15, -0.1) is 0 Å². The van der Waals surface area contributed by atoms with Crippen molar-refractivity contribution >= 4 is 17.5 Å². The first kappa shape index (κ1) is 13.3. The number of pyridine rings is 1. The smallest absolute Gasteiger partial charge is 0.339 e. The highest BCUT2D eigenvalue weighted by Crippen LogP contribution is 2.38. The van der Waals surface area contributed by atoms with Crippen molar-refractivity contribution in [3.8, 4) is 0 Å². The number of hydrogen-bond donors (Lipinski definition) is 1. The third-order valence-corrected chi connectivity index (χ3v) is 3.44. The summed E-state index contributed by atoms with van der Waals surface area (Å²) in [6.07, 6.45) is 2.22. The standard InChI is InChI=1S/C12H15N3O4/c1-7-3-8(7)6-14(2)11-10(12(16)17)4-9(5-13-11)15(18)19/h4-5,7-8H,3,6H2,1-2H3,(H,16,17). The molecule has 2 atom stereocenters. The summed E-state index contributed by atoms with van der Waals surface area (Å²) in [4.78, 5) is 26.9. The van der Waals surface area contributed by atoms with Crippen LogP contribution in [0.1, 0.15) is 23.7 Å². The lowest BCUT2D eigenvalue weighted by atomic mass is 10.2. The lowest BCUT2D eigenvalue weighted by Gasteiger charge is -2.19. The van der Waals surface area contributed by atoms with E-state index in [2.05, 4.69) is 11.9 Å². The molecule has 1 aliphatic rings. The Morgan fingerprint density at radius 2 is 2.32 bits per heavy atom. The lowest BCUT2D eigenvalue weighted by molar-refractivity contribution is -0.385. The first-order valence-electron chi connectivity index (χ1n) is 5.99. The van der Waals surface area contributed by atoms with Crippen LogP contribution in [0.2, 0.25) is 0 Å². The average molecular weight is 265 g/mol. The number of carboxylic acid groups (broad SMARTS) is 1. The Balaban J connectivity index is 2.27. The highest BCUT2D eigenvalue weighted by atomic mass is 16.6. The monoisotopic (exact) mass is 265 g/mol. The number of nitrogens with zero attached hydrogens (tertiary/aromatic N) is 3. The van der Waals surface area contributed by atoms with Crippen LogP contribution in [-0.4, -0.2) is 34.6 Å². The van der Waals surface area contributed by atoms with Crippen LogP contribution in [-0.2, 0) is 0 Å². The molecule has 1 saturated carbocycles. The van der Waals surface area contributed by atoms with Crippen molar-refractivity contribution < 1.29 is 14.8 Å². The summed E-state index contributed by atoms with van der Waals surface area (Å²) in [5.74, 6) is 0.261. The molecule has 7 heteroatoms. The van der Waals surface area contributed by atoms with Gasteiger partial charge in [0.15, 0.2) is 0 Å². The van der Waals surface area contributed by atoms with Gasteiger partial charge in [0.1, 0.15) is 17.6 Å². The molecule has 0 aromatic carbocycles. The molecular weight excluding hydrogens is 250 g/mol. The Bertz CT molecular complexity index is 532. The second-order valence-electron chi connectivity index (χ2n) is 4.98. The van der Waals surface area contributed by atoms with E-state index in [9.17, 15) is 14.9 Å². The number of carboxylic acids is 1. The third kappa shape index (κ3) is 2.81. The number of aromatic nitrogens is 1. The van der Waals surface area contributed by atoms with Crippen LogP contribution >= 0.6 is 0 Å². The van der Waals surface area contributed by atoms with E-state index in [1.54, 1.807) is 11.9 Å². The van der Waals surface area contributed by atoms with E-state index in [0.717, 1.165) is 18.7 Å². The molecule has 19 heavy (non-hydrogen) atoms. The molecule has 0 bridgehead atoms. The van der Waals surface area contributed by atoms with Crippen LogP contribution in [0.25, 0.3) is 0 Å². The maximum Gasteiger partial charge on any atom is 0.339 e. The maximum absolute atomic E-state index is 11.2. The highest BCUT2D eigenvalue weighted by Gasteiger charge is 2.34. The predicted molar refractivity (Wildman–Crippen MR) is 68.4 cm³/mol. The van der Waals surface area contributed by atoms with E-state index in [1.807, 2.05) is 0 Å². The molecule has 0 saturated heterocycles. The minimum absolute atomic E-state index is 0.134. The zero-order chi connectivity index (χ0) is 14.2. The Hall–Kier alpha value is -2.18.